The maximum atomic E-state index is 12.4. The highest BCUT2D eigenvalue weighted by Crippen LogP contribution is 2.37. The Morgan fingerprint density at radius 3 is 2.89 bits per heavy atom. The van der Waals surface area contributed by atoms with E-state index < -0.39 is 0 Å². The van der Waals surface area contributed by atoms with Gasteiger partial charge in [0.05, 0.1) is 24.7 Å². The van der Waals surface area contributed by atoms with Gasteiger partial charge in [0.2, 0.25) is 0 Å². The van der Waals surface area contributed by atoms with Gasteiger partial charge in [-0.1, -0.05) is 24.4 Å². The van der Waals surface area contributed by atoms with Gasteiger partial charge in [0, 0.05) is 27.8 Å². The maximum absolute atomic E-state index is 12.4. The number of aliphatic imine (C=N–C) groups is 1. The minimum atomic E-state index is -0.147. The highest BCUT2D eigenvalue weighted by molar-refractivity contribution is 8.12. The standard InChI is InChI=1S/C20H26ClN3O2S/c21-14-7-5-13(6-8-14)20(25)23-11-19-24-15-3-1-2-4-17(26-19)16(9-15)18-10-22-12-27-18/h5-8,12,15-19,24H,1-4,9-11H2,(H,23,25). The lowest BCUT2D eigenvalue weighted by Gasteiger charge is -2.32. The molecule has 1 aromatic carbocycles. The van der Waals surface area contributed by atoms with Crippen LogP contribution >= 0.6 is 23.4 Å². The third kappa shape index (κ3) is 4.86. The molecule has 2 N–H and O–H groups in total. The molecular formula is C20H26ClN3O2S. The number of nitrogens with zero attached hydrogens (tertiary/aromatic N) is 1. The summed E-state index contributed by atoms with van der Waals surface area (Å²) < 4.78 is 6.48. The van der Waals surface area contributed by atoms with Crippen molar-refractivity contribution >= 4 is 34.8 Å². The van der Waals surface area contributed by atoms with E-state index in [2.05, 4.69) is 15.6 Å². The lowest BCUT2D eigenvalue weighted by atomic mass is 9.84. The molecule has 3 aliphatic rings. The fourth-order valence-electron chi connectivity index (χ4n) is 4.32. The van der Waals surface area contributed by atoms with Crippen molar-refractivity contribution in [2.24, 2.45) is 10.9 Å². The molecule has 0 aromatic heterocycles. The normalized spacial score (nSPS) is 33.3. The second-order valence-corrected chi connectivity index (χ2v) is 9.10. The highest BCUT2D eigenvalue weighted by atomic mass is 35.5. The number of ether oxygens (including phenoxy) is 1. The van der Waals surface area contributed by atoms with E-state index in [4.69, 9.17) is 16.3 Å². The van der Waals surface area contributed by atoms with Crippen LogP contribution in [0.25, 0.3) is 0 Å². The summed E-state index contributed by atoms with van der Waals surface area (Å²) >= 11 is 7.75. The number of halogens is 1. The van der Waals surface area contributed by atoms with Crippen molar-refractivity contribution in [3.05, 3.63) is 34.9 Å². The summed E-state index contributed by atoms with van der Waals surface area (Å²) in [5, 5.41) is 7.82. The average molecular weight is 408 g/mol. The second-order valence-electron chi connectivity index (χ2n) is 7.57. The monoisotopic (exact) mass is 407 g/mol. The Labute approximate surface area is 169 Å². The van der Waals surface area contributed by atoms with E-state index >= 15 is 0 Å². The lowest BCUT2D eigenvalue weighted by Crippen LogP contribution is -2.46. The molecule has 4 rings (SSSR count). The molecule has 5 unspecified atom stereocenters. The molecule has 7 heteroatoms. The fraction of sp³-hybridized carbons (Fsp3) is 0.600. The molecule has 2 fully saturated rings. The number of thioether (sulfide) groups is 1. The third-order valence-corrected chi connectivity index (χ3v) is 7.08. The Morgan fingerprint density at radius 2 is 2.11 bits per heavy atom. The first-order chi connectivity index (χ1) is 13.2. The minimum absolute atomic E-state index is 0.0967. The number of hydrogen-bond acceptors (Lipinski definition) is 5. The lowest BCUT2D eigenvalue weighted by molar-refractivity contribution is -0.0440. The van der Waals surface area contributed by atoms with Crippen molar-refractivity contribution in [3.63, 3.8) is 0 Å². The molecule has 1 aromatic rings. The van der Waals surface area contributed by atoms with Crippen LogP contribution in [0.4, 0.5) is 0 Å². The summed E-state index contributed by atoms with van der Waals surface area (Å²) in [6.07, 6.45) is 5.94. The van der Waals surface area contributed by atoms with Crippen molar-refractivity contribution in [1.82, 2.24) is 10.6 Å². The first kappa shape index (κ1) is 19.2. The summed E-state index contributed by atoms with van der Waals surface area (Å²) in [5.41, 5.74) is 2.60. The van der Waals surface area contributed by atoms with Crippen molar-refractivity contribution in [2.75, 3.05) is 13.1 Å². The van der Waals surface area contributed by atoms with Crippen molar-refractivity contribution < 1.29 is 9.53 Å². The minimum Gasteiger partial charge on any atom is -0.358 e. The number of rotatable bonds is 4. The Kier molecular flexibility index (Phi) is 6.38. The Morgan fingerprint density at radius 1 is 1.30 bits per heavy atom. The summed E-state index contributed by atoms with van der Waals surface area (Å²) in [5.74, 6) is 0.424. The summed E-state index contributed by atoms with van der Waals surface area (Å²) in [6.45, 7) is 1.37. The van der Waals surface area contributed by atoms with Gasteiger partial charge in [0.1, 0.15) is 6.23 Å². The maximum Gasteiger partial charge on any atom is 0.251 e. The van der Waals surface area contributed by atoms with E-state index in [0.29, 0.717) is 34.3 Å². The number of fused-ring (bicyclic) bond motifs is 3. The van der Waals surface area contributed by atoms with Crippen LogP contribution in [-0.4, -0.2) is 48.2 Å². The molecule has 1 saturated heterocycles. The Balaban J connectivity index is 1.39. The Hall–Kier alpha value is -1.08. The smallest absolute Gasteiger partial charge is 0.251 e. The first-order valence-electron chi connectivity index (χ1n) is 9.78. The molecule has 146 valence electrons. The van der Waals surface area contributed by atoms with Gasteiger partial charge in [-0.05, 0) is 43.5 Å². The van der Waals surface area contributed by atoms with Gasteiger partial charge in [-0.25, -0.2) is 0 Å². The van der Waals surface area contributed by atoms with Crippen LogP contribution in [0.1, 0.15) is 42.5 Å². The van der Waals surface area contributed by atoms with Crippen LogP contribution in [-0.2, 0) is 4.74 Å². The SMILES string of the molecule is O=C(NCC1NC2CCCCC(O1)C(C1CN=CS1)C2)c1ccc(Cl)cc1. The molecular weight excluding hydrogens is 382 g/mol. The van der Waals surface area contributed by atoms with Crippen molar-refractivity contribution in [1.29, 1.82) is 0 Å². The molecule has 5 atom stereocenters. The predicted octanol–water partition coefficient (Wildman–Crippen LogP) is 3.48. The van der Waals surface area contributed by atoms with Gasteiger partial charge < -0.3 is 10.1 Å². The van der Waals surface area contributed by atoms with Gasteiger partial charge in [0.25, 0.3) is 5.91 Å². The molecule has 2 bridgehead atoms. The topological polar surface area (TPSA) is 62.7 Å². The van der Waals surface area contributed by atoms with E-state index in [1.807, 2.05) is 17.3 Å². The first-order valence-corrected chi connectivity index (χ1v) is 11.1. The van der Waals surface area contributed by atoms with Crippen molar-refractivity contribution in [2.45, 2.75) is 55.7 Å². The van der Waals surface area contributed by atoms with Crippen molar-refractivity contribution in [3.8, 4) is 0 Å². The third-order valence-electron chi connectivity index (χ3n) is 5.71. The summed E-state index contributed by atoms with van der Waals surface area (Å²) in [6, 6.07) is 7.39. The summed E-state index contributed by atoms with van der Waals surface area (Å²) in [7, 11) is 0. The highest BCUT2D eigenvalue weighted by Gasteiger charge is 2.39. The molecule has 1 saturated carbocycles. The molecule has 0 radical (unpaired) electrons. The molecule has 27 heavy (non-hydrogen) atoms. The van der Waals surface area contributed by atoms with Gasteiger partial charge in [-0.15, -0.1) is 11.8 Å². The zero-order chi connectivity index (χ0) is 18.6. The van der Waals surface area contributed by atoms with Gasteiger partial charge in [-0.2, -0.15) is 0 Å². The average Bonchev–Trinajstić information content (AvgIpc) is 3.15. The molecule has 5 nitrogen and oxygen atoms in total. The molecule has 2 heterocycles. The van der Waals surface area contributed by atoms with Crippen LogP contribution in [0.3, 0.4) is 0 Å². The molecule has 1 aliphatic carbocycles. The number of hydrogen-bond donors (Lipinski definition) is 2. The summed E-state index contributed by atoms with van der Waals surface area (Å²) in [4.78, 5) is 16.8. The van der Waals surface area contributed by atoms with E-state index in [0.717, 1.165) is 19.4 Å². The number of carbonyl (C=O) groups excluding carboxylic acids is 1. The number of nitrogens with one attached hydrogen (secondary N) is 2. The quantitative estimate of drug-likeness (QED) is 0.802. The predicted molar refractivity (Wildman–Crippen MR) is 111 cm³/mol. The number of carbonyl (C=O) groups is 1. The largest absolute Gasteiger partial charge is 0.358 e. The van der Waals surface area contributed by atoms with Crippen LogP contribution < -0.4 is 10.6 Å². The van der Waals surface area contributed by atoms with E-state index in [-0.39, 0.29) is 18.2 Å². The van der Waals surface area contributed by atoms with E-state index in [1.165, 1.54) is 19.3 Å². The fourth-order valence-corrected chi connectivity index (χ4v) is 5.43. The van der Waals surface area contributed by atoms with Crippen LogP contribution in [0.2, 0.25) is 5.02 Å². The zero-order valence-corrected chi connectivity index (χ0v) is 16.8. The second kappa shape index (κ2) is 8.95. The Bertz CT molecular complexity index is 676. The van der Waals surface area contributed by atoms with Crippen LogP contribution in [0.5, 0.6) is 0 Å². The van der Waals surface area contributed by atoms with Gasteiger partial charge in [-0.3, -0.25) is 15.1 Å². The van der Waals surface area contributed by atoms with Crippen LogP contribution in [0, 0.1) is 5.92 Å². The van der Waals surface area contributed by atoms with Crippen LogP contribution in [0.15, 0.2) is 29.3 Å². The number of amides is 1. The van der Waals surface area contributed by atoms with Gasteiger partial charge in [0.15, 0.2) is 0 Å². The van der Waals surface area contributed by atoms with Gasteiger partial charge >= 0.3 is 0 Å². The van der Waals surface area contributed by atoms with E-state index in [9.17, 15) is 4.79 Å². The number of benzene rings is 1. The van der Waals surface area contributed by atoms with E-state index in [1.54, 1.807) is 24.3 Å². The zero-order valence-electron chi connectivity index (χ0n) is 15.3. The molecule has 2 aliphatic heterocycles. The molecule has 1 amide bonds. The molecule has 0 spiro atoms.